The fourth-order valence-corrected chi connectivity index (χ4v) is 5.29. The minimum atomic E-state index is -0.829. The SMILES string of the molecule is C[N+](CCN)(CCN)CCC[C@H](N)C(=O)N[C@H](C(=O)Cc1cnc2ccccc2c1)c1ccc2ccccc2c1. The van der Waals surface area contributed by atoms with Crippen molar-refractivity contribution in [2.45, 2.75) is 31.3 Å². The molecule has 0 fully saturated rings. The van der Waals surface area contributed by atoms with Crippen LogP contribution in [0.1, 0.15) is 30.0 Å². The molecule has 4 aromatic rings. The van der Waals surface area contributed by atoms with E-state index in [-0.39, 0.29) is 18.1 Å². The fourth-order valence-electron chi connectivity index (χ4n) is 5.29. The number of benzene rings is 3. The van der Waals surface area contributed by atoms with Gasteiger partial charge in [0.1, 0.15) is 6.04 Å². The van der Waals surface area contributed by atoms with Crippen LogP contribution in [0.15, 0.2) is 79.0 Å². The number of ketones is 1. The molecular formula is C32H41N6O2+. The number of hydrogen-bond donors (Lipinski definition) is 4. The number of aromatic nitrogens is 1. The minimum Gasteiger partial charge on any atom is -0.341 e. The summed E-state index contributed by atoms with van der Waals surface area (Å²) in [5, 5.41) is 6.01. The van der Waals surface area contributed by atoms with Gasteiger partial charge in [-0.1, -0.05) is 54.6 Å². The summed E-state index contributed by atoms with van der Waals surface area (Å²) in [6, 6.07) is 22.0. The number of amides is 1. The maximum atomic E-state index is 13.7. The van der Waals surface area contributed by atoms with Gasteiger partial charge in [-0.2, -0.15) is 0 Å². The van der Waals surface area contributed by atoms with E-state index in [4.69, 9.17) is 17.2 Å². The molecule has 40 heavy (non-hydrogen) atoms. The largest absolute Gasteiger partial charge is 0.341 e. The molecule has 8 heteroatoms. The number of nitrogens with zero attached hydrogens (tertiary/aromatic N) is 2. The van der Waals surface area contributed by atoms with Gasteiger partial charge in [-0.3, -0.25) is 14.6 Å². The van der Waals surface area contributed by atoms with Crippen LogP contribution in [0, 0.1) is 0 Å². The van der Waals surface area contributed by atoms with Crippen molar-refractivity contribution < 1.29 is 14.1 Å². The third kappa shape index (κ3) is 7.49. The van der Waals surface area contributed by atoms with E-state index in [2.05, 4.69) is 17.3 Å². The quantitative estimate of drug-likeness (QED) is 0.181. The highest BCUT2D eigenvalue weighted by Gasteiger charge is 2.27. The van der Waals surface area contributed by atoms with Crippen molar-refractivity contribution in [3.63, 3.8) is 0 Å². The number of quaternary nitrogens is 1. The summed E-state index contributed by atoms with van der Waals surface area (Å²) in [5.74, 6) is -0.460. The van der Waals surface area contributed by atoms with E-state index >= 15 is 0 Å². The second-order valence-corrected chi connectivity index (χ2v) is 10.8. The van der Waals surface area contributed by atoms with Crippen LogP contribution in [0.25, 0.3) is 21.7 Å². The van der Waals surface area contributed by atoms with Crippen molar-refractivity contribution in [3.05, 3.63) is 90.1 Å². The molecule has 0 radical (unpaired) electrons. The molecule has 4 rings (SSSR count). The van der Waals surface area contributed by atoms with Crippen LogP contribution in [0.2, 0.25) is 0 Å². The zero-order valence-corrected chi connectivity index (χ0v) is 23.3. The lowest BCUT2D eigenvalue weighted by Crippen LogP contribution is -2.51. The molecule has 1 aromatic heterocycles. The number of likely N-dealkylation sites (N-methyl/N-ethyl adjacent to an activating group) is 1. The molecule has 0 aliphatic heterocycles. The lowest BCUT2D eigenvalue weighted by Gasteiger charge is -2.34. The summed E-state index contributed by atoms with van der Waals surface area (Å²) >= 11 is 0. The van der Waals surface area contributed by atoms with Crippen molar-refractivity contribution in [2.75, 3.05) is 39.8 Å². The second kappa shape index (κ2) is 13.6. The van der Waals surface area contributed by atoms with Crippen LogP contribution >= 0.6 is 0 Å². The highest BCUT2D eigenvalue weighted by Crippen LogP contribution is 2.23. The Bertz CT molecular complexity index is 1450. The van der Waals surface area contributed by atoms with Crippen LogP contribution in [0.3, 0.4) is 0 Å². The Labute approximate surface area is 236 Å². The van der Waals surface area contributed by atoms with E-state index in [1.165, 1.54) is 0 Å². The normalized spacial score (nSPS) is 13.3. The summed E-state index contributed by atoms with van der Waals surface area (Å²) < 4.78 is 0.749. The average Bonchev–Trinajstić information content (AvgIpc) is 2.95. The van der Waals surface area contributed by atoms with Gasteiger partial charge < -0.3 is 27.0 Å². The maximum absolute atomic E-state index is 13.7. The molecule has 0 unspecified atom stereocenters. The smallest absolute Gasteiger partial charge is 0.237 e. The predicted molar refractivity (Wildman–Crippen MR) is 161 cm³/mol. The first kappa shape index (κ1) is 29.3. The Hall–Kier alpha value is -3.69. The number of nitrogens with two attached hydrogens (primary N) is 3. The van der Waals surface area contributed by atoms with Crippen molar-refractivity contribution in [2.24, 2.45) is 17.2 Å². The topological polar surface area (TPSA) is 137 Å². The third-order valence-electron chi connectivity index (χ3n) is 7.63. The molecular weight excluding hydrogens is 500 g/mol. The summed E-state index contributed by atoms with van der Waals surface area (Å²) in [6.07, 6.45) is 3.12. The summed E-state index contributed by atoms with van der Waals surface area (Å²) in [5.41, 5.74) is 20.3. The molecule has 0 saturated heterocycles. The Morgan fingerprint density at radius 2 is 1.55 bits per heavy atom. The number of carbonyl (C=O) groups is 2. The Morgan fingerprint density at radius 3 is 2.27 bits per heavy atom. The van der Waals surface area contributed by atoms with Gasteiger partial charge >= 0.3 is 0 Å². The molecule has 1 heterocycles. The van der Waals surface area contributed by atoms with Crippen molar-refractivity contribution >= 4 is 33.4 Å². The molecule has 1 amide bonds. The van der Waals surface area contributed by atoms with Gasteiger partial charge in [-0.05, 0) is 52.9 Å². The monoisotopic (exact) mass is 541 g/mol. The molecule has 3 aromatic carbocycles. The molecule has 210 valence electrons. The molecule has 0 saturated carbocycles. The average molecular weight is 542 g/mol. The fraction of sp³-hybridized carbons (Fsp3) is 0.344. The third-order valence-corrected chi connectivity index (χ3v) is 7.63. The molecule has 8 nitrogen and oxygen atoms in total. The highest BCUT2D eigenvalue weighted by atomic mass is 16.2. The van der Waals surface area contributed by atoms with E-state index in [9.17, 15) is 9.59 Å². The number of rotatable bonds is 14. The number of para-hydroxylation sites is 1. The van der Waals surface area contributed by atoms with Crippen LogP contribution in [0.5, 0.6) is 0 Å². The minimum absolute atomic E-state index is 0.122. The first-order valence-corrected chi connectivity index (χ1v) is 14.0. The number of carbonyl (C=O) groups excluding carboxylic acids is 2. The van der Waals surface area contributed by atoms with E-state index in [0.717, 1.165) is 63.3 Å². The molecule has 0 spiro atoms. The number of Topliss-reactive ketones (excluding diaryl/α,β-unsaturated/α-hetero) is 1. The lowest BCUT2D eigenvalue weighted by atomic mass is 9.95. The summed E-state index contributed by atoms with van der Waals surface area (Å²) in [6.45, 7) is 3.62. The van der Waals surface area contributed by atoms with Gasteiger partial charge in [0, 0.05) is 31.1 Å². The van der Waals surface area contributed by atoms with Crippen molar-refractivity contribution in [1.82, 2.24) is 10.3 Å². The van der Waals surface area contributed by atoms with Gasteiger partial charge in [-0.15, -0.1) is 0 Å². The Balaban J connectivity index is 1.51. The van der Waals surface area contributed by atoms with Crippen LogP contribution < -0.4 is 22.5 Å². The van der Waals surface area contributed by atoms with Crippen LogP contribution in [0.4, 0.5) is 0 Å². The highest BCUT2D eigenvalue weighted by molar-refractivity contribution is 5.94. The van der Waals surface area contributed by atoms with Crippen molar-refractivity contribution in [1.29, 1.82) is 0 Å². The van der Waals surface area contributed by atoms with Gasteiger partial charge in [0.2, 0.25) is 5.91 Å². The number of fused-ring (bicyclic) bond motifs is 2. The molecule has 7 N–H and O–H groups in total. The van der Waals surface area contributed by atoms with Gasteiger partial charge in [-0.25, -0.2) is 0 Å². The molecule has 0 aliphatic rings. The maximum Gasteiger partial charge on any atom is 0.237 e. The Morgan fingerprint density at radius 1 is 0.875 bits per heavy atom. The molecule has 0 aliphatic carbocycles. The molecule has 0 bridgehead atoms. The van der Waals surface area contributed by atoms with E-state index in [1.807, 2.05) is 72.8 Å². The summed E-state index contributed by atoms with van der Waals surface area (Å²) in [7, 11) is 2.13. The first-order chi connectivity index (χ1) is 19.3. The zero-order chi connectivity index (χ0) is 28.5. The Kier molecular flexibility index (Phi) is 9.95. The number of hydrogen-bond acceptors (Lipinski definition) is 6. The predicted octanol–water partition coefficient (Wildman–Crippen LogP) is 2.83. The summed E-state index contributed by atoms with van der Waals surface area (Å²) in [4.78, 5) is 31.5. The van der Waals surface area contributed by atoms with Gasteiger partial charge in [0.05, 0.1) is 38.2 Å². The first-order valence-electron chi connectivity index (χ1n) is 14.0. The molecule has 2 atom stereocenters. The van der Waals surface area contributed by atoms with Crippen LogP contribution in [-0.2, 0) is 16.0 Å². The van der Waals surface area contributed by atoms with E-state index in [0.29, 0.717) is 19.5 Å². The van der Waals surface area contributed by atoms with Gasteiger partial charge in [0.15, 0.2) is 5.78 Å². The second-order valence-electron chi connectivity index (χ2n) is 10.8. The number of nitrogens with one attached hydrogen (secondary N) is 1. The van der Waals surface area contributed by atoms with Crippen LogP contribution in [-0.4, -0.2) is 67.0 Å². The number of pyridine rings is 1. The van der Waals surface area contributed by atoms with Crippen molar-refractivity contribution in [3.8, 4) is 0 Å². The van der Waals surface area contributed by atoms with Gasteiger partial charge in [0.25, 0.3) is 0 Å². The zero-order valence-electron chi connectivity index (χ0n) is 23.3. The van der Waals surface area contributed by atoms with E-state index < -0.39 is 12.1 Å². The van der Waals surface area contributed by atoms with E-state index in [1.54, 1.807) is 6.20 Å². The standard InChI is InChI=1S/C32H40N6O2/c1-38(17-14-33,18-15-34)16-6-10-28(35)32(40)37-31(27-13-12-24-7-2-3-8-25(24)21-27)30(39)20-23-19-26-9-4-5-11-29(26)36-22-23/h2-5,7-9,11-13,19,21-22,28,31H,6,10,14-18,20,33-35H2,1H3/p+1/t28-,31-/m0/s1. The lowest BCUT2D eigenvalue weighted by molar-refractivity contribution is -0.907.